The number of hydrogen-bond acceptors (Lipinski definition) is 4. The van der Waals surface area contributed by atoms with Crippen molar-refractivity contribution in [3.63, 3.8) is 0 Å². The number of carbonyl (C=O) groups is 2. The lowest BCUT2D eigenvalue weighted by Gasteiger charge is -2.29. The summed E-state index contributed by atoms with van der Waals surface area (Å²) in [4.78, 5) is 27.5. The van der Waals surface area contributed by atoms with Crippen LogP contribution in [-0.4, -0.2) is 54.7 Å². The molecule has 2 heterocycles. The minimum Gasteiger partial charge on any atom is -0.379 e. The van der Waals surface area contributed by atoms with E-state index in [1.54, 1.807) is 6.08 Å². The van der Waals surface area contributed by atoms with E-state index in [4.69, 9.17) is 4.74 Å². The molecule has 0 bridgehead atoms. The average Bonchev–Trinajstić information content (AvgIpc) is 2.77. The van der Waals surface area contributed by atoms with Crippen LogP contribution in [0.25, 0.3) is 6.08 Å². The van der Waals surface area contributed by atoms with Crippen LogP contribution < -0.4 is 5.32 Å². The maximum Gasteiger partial charge on any atom is 0.330 e. The number of hydrogen-bond donors (Lipinski definition) is 1. The van der Waals surface area contributed by atoms with E-state index in [1.165, 1.54) is 4.90 Å². The van der Waals surface area contributed by atoms with Gasteiger partial charge in [-0.2, -0.15) is 0 Å². The lowest BCUT2D eigenvalue weighted by atomic mass is 10.2. The third-order valence-electron chi connectivity index (χ3n) is 3.52. The van der Waals surface area contributed by atoms with E-state index < -0.39 is 0 Å². The van der Waals surface area contributed by atoms with Gasteiger partial charge in [-0.1, -0.05) is 30.3 Å². The Hall–Kier alpha value is -2.18. The summed E-state index contributed by atoms with van der Waals surface area (Å²) in [5, 5.41) is 2.63. The van der Waals surface area contributed by atoms with Crippen molar-refractivity contribution in [1.82, 2.24) is 15.1 Å². The van der Waals surface area contributed by atoms with Crippen LogP contribution in [-0.2, 0) is 9.53 Å². The summed E-state index contributed by atoms with van der Waals surface area (Å²) in [6.45, 7) is 3.04. The van der Waals surface area contributed by atoms with E-state index in [2.05, 4.69) is 5.32 Å². The lowest BCUT2D eigenvalue weighted by Crippen LogP contribution is -2.46. The van der Waals surface area contributed by atoms with Crippen LogP contribution in [0.15, 0.2) is 36.0 Å². The van der Waals surface area contributed by atoms with Crippen LogP contribution in [0.2, 0.25) is 0 Å². The van der Waals surface area contributed by atoms with Crippen LogP contribution in [0.3, 0.4) is 0 Å². The summed E-state index contributed by atoms with van der Waals surface area (Å²) in [7, 11) is 0. The fraction of sp³-hybridized carbons (Fsp3) is 0.333. The minimum atomic E-state index is -0.367. The van der Waals surface area contributed by atoms with Gasteiger partial charge in [-0.15, -0.1) is 0 Å². The average molecular weight is 287 g/mol. The number of rotatable bonds is 3. The molecule has 6 heteroatoms. The molecule has 0 radical (unpaired) electrons. The van der Waals surface area contributed by atoms with Gasteiger partial charge in [0.15, 0.2) is 0 Å². The first-order valence-corrected chi connectivity index (χ1v) is 6.94. The van der Waals surface area contributed by atoms with Gasteiger partial charge in [0, 0.05) is 13.1 Å². The van der Waals surface area contributed by atoms with Crippen LogP contribution in [0.5, 0.6) is 0 Å². The molecule has 21 heavy (non-hydrogen) atoms. The Kier molecular flexibility index (Phi) is 3.98. The molecule has 1 aromatic rings. The van der Waals surface area contributed by atoms with Gasteiger partial charge >= 0.3 is 6.03 Å². The lowest BCUT2D eigenvalue weighted by molar-refractivity contribution is -0.125. The van der Waals surface area contributed by atoms with Crippen molar-refractivity contribution in [3.8, 4) is 0 Å². The van der Waals surface area contributed by atoms with Crippen molar-refractivity contribution in [2.75, 3.05) is 33.0 Å². The number of urea groups is 1. The first kappa shape index (κ1) is 13.8. The molecule has 2 aliphatic heterocycles. The Labute approximate surface area is 123 Å². The molecule has 0 spiro atoms. The number of ether oxygens (including phenoxy) is 1. The molecule has 3 rings (SSSR count). The SMILES string of the molecule is O=C1N/C(=C/c2ccccc2)C(=O)N1CN1CCOCC1. The highest BCUT2D eigenvalue weighted by Crippen LogP contribution is 2.14. The fourth-order valence-electron chi connectivity index (χ4n) is 2.36. The van der Waals surface area contributed by atoms with Crippen molar-refractivity contribution in [1.29, 1.82) is 0 Å². The number of nitrogens with zero attached hydrogens (tertiary/aromatic N) is 2. The van der Waals surface area contributed by atoms with Crippen LogP contribution in [0.1, 0.15) is 5.56 Å². The van der Waals surface area contributed by atoms with Gasteiger partial charge in [-0.25, -0.2) is 9.69 Å². The molecule has 6 nitrogen and oxygen atoms in total. The van der Waals surface area contributed by atoms with Crippen molar-refractivity contribution >= 4 is 18.0 Å². The molecule has 0 unspecified atom stereocenters. The normalized spacial score (nSPS) is 21.9. The first-order valence-electron chi connectivity index (χ1n) is 6.94. The predicted molar refractivity (Wildman–Crippen MR) is 77.1 cm³/mol. The smallest absolute Gasteiger partial charge is 0.330 e. The number of carbonyl (C=O) groups excluding carboxylic acids is 2. The quantitative estimate of drug-likeness (QED) is 0.662. The molecule has 3 amide bonds. The van der Waals surface area contributed by atoms with E-state index in [9.17, 15) is 9.59 Å². The third-order valence-corrected chi connectivity index (χ3v) is 3.52. The van der Waals surface area contributed by atoms with E-state index in [0.29, 0.717) is 25.6 Å². The van der Waals surface area contributed by atoms with Gasteiger partial charge in [-0.05, 0) is 11.6 Å². The van der Waals surface area contributed by atoms with Crippen molar-refractivity contribution in [2.24, 2.45) is 0 Å². The summed E-state index contributed by atoms with van der Waals surface area (Å²) in [5.41, 5.74) is 1.20. The van der Waals surface area contributed by atoms with Gasteiger partial charge in [0.1, 0.15) is 5.70 Å². The molecule has 0 atom stereocenters. The van der Waals surface area contributed by atoms with E-state index in [0.717, 1.165) is 18.7 Å². The zero-order valence-corrected chi connectivity index (χ0v) is 11.6. The molecule has 0 aromatic heterocycles. The molecule has 2 aliphatic rings. The van der Waals surface area contributed by atoms with Gasteiger partial charge in [0.2, 0.25) is 0 Å². The number of nitrogens with one attached hydrogen (secondary N) is 1. The van der Waals surface area contributed by atoms with Gasteiger partial charge in [0.25, 0.3) is 5.91 Å². The molecule has 0 saturated carbocycles. The summed E-state index contributed by atoms with van der Waals surface area (Å²) in [5.74, 6) is -0.282. The highest BCUT2D eigenvalue weighted by atomic mass is 16.5. The predicted octanol–water partition coefficient (Wildman–Crippen LogP) is 0.869. The summed E-state index contributed by atoms with van der Waals surface area (Å²) < 4.78 is 5.26. The Balaban J connectivity index is 1.71. The van der Waals surface area contributed by atoms with E-state index >= 15 is 0 Å². The Morgan fingerprint density at radius 3 is 2.57 bits per heavy atom. The second-order valence-corrected chi connectivity index (χ2v) is 5.00. The van der Waals surface area contributed by atoms with Gasteiger partial charge < -0.3 is 10.1 Å². The molecule has 1 aromatic carbocycles. The monoisotopic (exact) mass is 287 g/mol. The van der Waals surface area contributed by atoms with Crippen molar-refractivity contribution < 1.29 is 14.3 Å². The van der Waals surface area contributed by atoms with Crippen molar-refractivity contribution in [3.05, 3.63) is 41.6 Å². The fourth-order valence-corrected chi connectivity index (χ4v) is 2.36. The topological polar surface area (TPSA) is 61.9 Å². The maximum atomic E-state index is 12.3. The molecular formula is C15H17N3O3. The van der Waals surface area contributed by atoms with Crippen LogP contribution in [0.4, 0.5) is 4.79 Å². The Bertz CT molecular complexity index is 565. The van der Waals surface area contributed by atoms with Crippen molar-refractivity contribution in [2.45, 2.75) is 0 Å². The van der Waals surface area contributed by atoms with Crippen LogP contribution in [0, 0.1) is 0 Å². The summed E-state index contributed by atoms with van der Waals surface area (Å²) in [6.07, 6.45) is 1.69. The summed E-state index contributed by atoms with van der Waals surface area (Å²) >= 11 is 0. The second-order valence-electron chi connectivity index (χ2n) is 5.00. The minimum absolute atomic E-state index is 0.282. The molecule has 2 saturated heterocycles. The number of imide groups is 1. The zero-order valence-electron chi connectivity index (χ0n) is 11.6. The van der Waals surface area contributed by atoms with E-state index in [1.807, 2.05) is 35.2 Å². The largest absolute Gasteiger partial charge is 0.379 e. The molecule has 110 valence electrons. The molecule has 2 fully saturated rings. The van der Waals surface area contributed by atoms with Crippen LogP contribution >= 0.6 is 0 Å². The summed E-state index contributed by atoms with van der Waals surface area (Å²) in [6, 6.07) is 9.09. The number of amides is 3. The zero-order chi connectivity index (χ0) is 14.7. The highest BCUT2D eigenvalue weighted by Gasteiger charge is 2.34. The van der Waals surface area contributed by atoms with Gasteiger partial charge in [-0.3, -0.25) is 9.69 Å². The second kappa shape index (κ2) is 6.07. The molecule has 0 aliphatic carbocycles. The van der Waals surface area contributed by atoms with Gasteiger partial charge in [0.05, 0.1) is 19.9 Å². The Morgan fingerprint density at radius 2 is 1.86 bits per heavy atom. The Morgan fingerprint density at radius 1 is 1.14 bits per heavy atom. The first-order chi connectivity index (χ1) is 10.2. The molecule has 1 N–H and O–H groups in total. The number of morpholine rings is 1. The van der Waals surface area contributed by atoms with E-state index in [-0.39, 0.29) is 11.9 Å². The third kappa shape index (κ3) is 3.12. The standard InChI is InChI=1S/C15H17N3O3/c19-14-13(10-12-4-2-1-3-5-12)16-15(20)18(14)11-17-6-8-21-9-7-17/h1-5,10H,6-9,11H2,(H,16,20)/b13-10+. The highest BCUT2D eigenvalue weighted by molar-refractivity contribution is 6.13. The number of benzene rings is 1. The molecular weight excluding hydrogens is 270 g/mol. The maximum absolute atomic E-state index is 12.3.